The third-order valence-electron chi connectivity index (χ3n) is 2.64. The van der Waals surface area contributed by atoms with E-state index in [9.17, 15) is 0 Å². The molecule has 0 amide bonds. The zero-order valence-electron chi connectivity index (χ0n) is 9.83. The molecule has 2 rings (SSSR count). The van der Waals surface area contributed by atoms with E-state index in [4.69, 9.17) is 21.1 Å². The van der Waals surface area contributed by atoms with E-state index in [-0.39, 0.29) is 6.04 Å². The molecule has 1 N–H and O–H groups in total. The summed E-state index contributed by atoms with van der Waals surface area (Å²) < 4.78 is 11.0. The van der Waals surface area contributed by atoms with Gasteiger partial charge in [-0.1, -0.05) is 17.7 Å². The normalized spacial score (nSPS) is 15.4. The number of nitrogens with one attached hydrogen (secondary N) is 1. The topological polar surface area (TPSA) is 30.5 Å². The molecular formula is C13H16ClNO2. The second-order valence-electron chi connectivity index (χ2n) is 4.01. The number of benzene rings is 1. The van der Waals surface area contributed by atoms with E-state index in [1.165, 1.54) is 0 Å². The van der Waals surface area contributed by atoms with Crippen molar-refractivity contribution >= 4 is 11.6 Å². The Morgan fingerprint density at radius 3 is 3.00 bits per heavy atom. The number of hydrogen-bond donors (Lipinski definition) is 1. The Morgan fingerprint density at radius 1 is 1.47 bits per heavy atom. The Bertz CT molecular complexity index is 420. The van der Waals surface area contributed by atoms with Crippen LogP contribution in [0.4, 0.5) is 0 Å². The van der Waals surface area contributed by atoms with Gasteiger partial charge in [-0.05, 0) is 24.6 Å². The van der Waals surface area contributed by atoms with E-state index in [1.54, 1.807) is 0 Å². The van der Waals surface area contributed by atoms with Gasteiger partial charge in [-0.25, -0.2) is 0 Å². The van der Waals surface area contributed by atoms with Crippen LogP contribution in [0.1, 0.15) is 12.5 Å². The molecule has 1 aliphatic rings. The van der Waals surface area contributed by atoms with Crippen LogP contribution in [0.3, 0.4) is 0 Å². The van der Waals surface area contributed by atoms with Gasteiger partial charge < -0.3 is 14.8 Å². The van der Waals surface area contributed by atoms with Crippen LogP contribution < -0.4 is 14.8 Å². The average molecular weight is 254 g/mol. The van der Waals surface area contributed by atoms with Gasteiger partial charge in [0.2, 0.25) is 0 Å². The summed E-state index contributed by atoms with van der Waals surface area (Å²) >= 11 is 6.14. The van der Waals surface area contributed by atoms with Crippen molar-refractivity contribution in [2.75, 3.05) is 13.2 Å². The first-order chi connectivity index (χ1) is 8.20. The van der Waals surface area contributed by atoms with Crippen LogP contribution in [0, 0.1) is 0 Å². The lowest BCUT2D eigenvalue weighted by Crippen LogP contribution is -2.23. The minimum atomic E-state index is 0.266. The van der Waals surface area contributed by atoms with E-state index in [0.29, 0.717) is 24.0 Å². The molecule has 0 radical (unpaired) electrons. The molecule has 1 heterocycles. The molecule has 92 valence electrons. The van der Waals surface area contributed by atoms with Gasteiger partial charge in [0.05, 0.1) is 5.02 Å². The van der Waals surface area contributed by atoms with Crippen molar-refractivity contribution in [2.45, 2.75) is 19.5 Å². The van der Waals surface area contributed by atoms with Gasteiger partial charge in [0.25, 0.3) is 0 Å². The molecular weight excluding hydrogens is 238 g/mol. The molecule has 1 aromatic rings. The Hall–Kier alpha value is -1.19. The summed E-state index contributed by atoms with van der Waals surface area (Å²) in [6.07, 6.45) is 1.86. The zero-order chi connectivity index (χ0) is 12.3. The number of hydrogen-bond acceptors (Lipinski definition) is 3. The van der Waals surface area contributed by atoms with Crippen molar-refractivity contribution in [2.24, 2.45) is 0 Å². The van der Waals surface area contributed by atoms with Gasteiger partial charge in [0.15, 0.2) is 11.5 Å². The predicted molar refractivity (Wildman–Crippen MR) is 68.9 cm³/mol. The molecule has 0 bridgehead atoms. The molecule has 0 fully saturated rings. The van der Waals surface area contributed by atoms with Gasteiger partial charge in [-0.15, -0.1) is 6.58 Å². The van der Waals surface area contributed by atoms with Gasteiger partial charge in [0.1, 0.15) is 13.2 Å². The molecule has 0 aliphatic carbocycles. The van der Waals surface area contributed by atoms with Gasteiger partial charge in [0, 0.05) is 12.6 Å². The van der Waals surface area contributed by atoms with E-state index >= 15 is 0 Å². The SMILES string of the molecule is C=CC(C)NCc1cc(Cl)c2c(c1)OCCO2. The molecule has 17 heavy (non-hydrogen) atoms. The summed E-state index contributed by atoms with van der Waals surface area (Å²) in [4.78, 5) is 0. The summed E-state index contributed by atoms with van der Waals surface area (Å²) in [6, 6.07) is 4.13. The lowest BCUT2D eigenvalue weighted by atomic mass is 10.2. The maximum Gasteiger partial charge on any atom is 0.179 e. The minimum absolute atomic E-state index is 0.266. The predicted octanol–water partition coefficient (Wildman–Crippen LogP) is 2.78. The monoisotopic (exact) mass is 253 g/mol. The maximum atomic E-state index is 6.14. The van der Waals surface area contributed by atoms with Crippen LogP contribution in [-0.2, 0) is 6.54 Å². The van der Waals surface area contributed by atoms with Crippen molar-refractivity contribution in [3.63, 3.8) is 0 Å². The lowest BCUT2D eigenvalue weighted by molar-refractivity contribution is 0.171. The van der Waals surface area contributed by atoms with E-state index in [1.807, 2.05) is 25.1 Å². The summed E-state index contributed by atoms with van der Waals surface area (Å²) in [5, 5.41) is 3.91. The summed E-state index contributed by atoms with van der Waals surface area (Å²) in [5.41, 5.74) is 1.08. The number of halogens is 1. The molecule has 1 unspecified atom stereocenters. The Kier molecular flexibility index (Phi) is 3.92. The molecule has 1 aliphatic heterocycles. The molecule has 0 saturated heterocycles. The molecule has 4 heteroatoms. The van der Waals surface area contributed by atoms with Crippen LogP contribution in [0.5, 0.6) is 11.5 Å². The first kappa shape index (κ1) is 12.3. The van der Waals surface area contributed by atoms with Crippen molar-refractivity contribution < 1.29 is 9.47 Å². The number of rotatable bonds is 4. The zero-order valence-corrected chi connectivity index (χ0v) is 10.6. The van der Waals surface area contributed by atoms with Crippen LogP contribution >= 0.6 is 11.6 Å². The summed E-state index contributed by atoms with van der Waals surface area (Å²) in [7, 11) is 0. The molecule has 0 aromatic heterocycles. The molecule has 0 spiro atoms. The highest BCUT2D eigenvalue weighted by Crippen LogP contribution is 2.38. The van der Waals surface area contributed by atoms with Crippen LogP contribution in [0.2, 0.25) is 5.02 Å². The summed E-state index contributed by atoms with van der Waals surface area (Å²) in [6.45, 7) is 7.63. The third-order valence-corrected chi connectivity index (χ3v) is 2.92. The van der Waals surface area contributed by atoms with Crippen molar-refractivity contribution in [1.29, 1.82) is 0 Å². The molecule has 3 nitrogen and oxygen atoms in total. The Balaban J connectivity index is 2.13. The van der Waals surface area contributed by atoms with Gasteiger partial charge in [-0.3, -0.25) is 0 Å². The van der Waals surface area contributed by atoms with Crippen molar-refractivity contribution in [3.05, 3.63) is 35.4 Å². The van der Waals surface area contributed by atoms with E-state index < -0.39 is 0 Å². The van der Waals surface area contributed by atoms with Crippen LogP contribution in [0.15, 0.2) is 24.8 Å². The van der Waals surface area contributed by atoms with Crippen LogP contribution in [-0.4, -0.2) is 19.3 Å². The molecule has 1 aromatic carbocycles. The lowest BCUT2D eigenvalue weighted by Gasteiger charge is -2.20. The molecule has 1 atom stereocenters. The fourth-order valence-corrected chi connectivity index (χ4v) is 1.92. The smallest absolute Gasteiger partial charge is 0.179 e. The first-order valence-electron chi connectivity index (χ1n) is 5.64. The Labute approximate surface area is 106 Å². The first-order valence-corrected chi connectivity index (χ1v) is 6.02. The summed E-state index contributed by atoms with van der Waals surface area (Å²) in [5.74, 6) is 1.38. The number of fused-ring (bicyclic) bond motifs is 1. The highest BCUT2D eigenvalue weighted by atomic mass is 35.5. The van der Waals surface area contributed by atoms with Crippen molar-refractivity contribution in [1.82, 2.24) is 5.32 Å². The van der Waals surface area contributed by atoms with Crippen LogP contribution in [0.25, 0.3) is 0 Å². The fraction of sp³-hybridized carbons (Fsp3) is 0.385. The minimum Gasteiger partial charge on any atom is -0.486 e. The average Bonchev–Trinajstić information content (AvgIpc) is 2.36. The van der Waals surface area contributed by atoms with Crippen molar-refractivity contribution in [3.8, 4) is 11.5 Å². The fourth-order valence-electron chi connectivity index (χ4n) is 1.63. The largest absolute Gasteiger partial charge is 0.486 e. The second-order valence-corrected chi connectivity index (χ2v) is 4.41. The maximum absolute atomic E-state index is 6.14. The highest BCUT2D eigenvalue weighted by Gasteiger charge is 2.16. The number of ether oxygens (including phenoxy) is 2. The van der Waals surface area contributed by atoms with E-state index in [2.05, 4.69) is 11.9 Å². The van der Waals surface area contributed by atoms with Gasteiger partial charge >= 0.3 is 0 Å². The highest BCUT2D eigenvalue weighted by molar-refractivity contribution is 6.32. The Morgan fingerprint density at radius 2 is 2.24 bits per heavy atom. The third kappa shape index (κ3) is 2.93. The second kappa shape index (κ2) is 5.43. The standard InChI is InChI=1S/C13H16ClNO2/c1-3-9(2)15-8-10-6-11(14)13-12(7-10)16-4-5-17-13/h3,6-7,9,15H,1,4-5,8H2,2H3. The van der Waals surface area contributed by atoms with E-state index in [0.717, 1.165) is 17.9 Å². The quantitative estimate of drug-likeness (QED) is 0.837. The molecule has 0 saturated carbocycles. The van der Waals surface area contributed by atoms with Gasteiger partial charge in [-0.2, -0.15) is 0 Å².